The molecule has 2 fully saturated rings. The van der Waals surface area contributed by atoms with E-state index in [1.807, 2.05) is 47.3 Å². The predicted octanol–water partition coefficient (Wildman–Crippen LogP) is 5.37. The number of phenols is 1. The van der Waals surface area contributed by atoms with E-state index in [-0.39, 0.29) is 42.9 Å². The minimum Gasteiger partial charge on any atom is -0.503 e. The van der Waals surface area contributed by atoms with Crippen molar-refractivity contribution in [2.24, 2.45) is 13.0 Å². The summed E-state index contributed by atoms with van der Waals surface area (Å²) in [5, 5.41) is 20.1. The molecule has 3 aliphatic rings. The number of hydrogen-bond acceptors (Lipinski definition) is 10. The lowest BCUT2D eigenvalue weighted by atomic mass is 9.86. The Morgan fingerprint density at radius 2 is 1.77 bits per heavy atom. The van der Waals surface area contributed by atoms with Gasteiger partial charge in [0.05, 0.1) is 46.5 Å². The maximum absolute atomic E-state index is 14.2. The molecule has 9 rings (SSSR count). The number of carbonyl (C=O) groups excluding carboxylic acids is 3. The fourth-order valence-corrected chi connectivity index (χ4v) is 9.10. The van der Waals surface area contributed by atoms with Crippen LogP contribution in [0.5, 0.6) is 11.6 Å². The molecule has 5 heterocycles. The number of benzene rings is 3. The van der Waals surface area contributed by atoms with Gasteiger partial charge in [-0.05, 0) is 87.2 Å². The van der Waals surface area contributed by atoms with E-state index in [9.17, 15) is 37.5 Å². The van der Waals surface area contributed by atoms with Gasteiger partial charge in [-0.2, -0.15) is 14.5 Å². The van der Waals surface area contributed by atoms with Crippen molar-refractivity contribution in [1.82, 2.24) is 44.4 Å². The van der Waals surface area contributed by atoms with Crippen molar-refractivity contribution in [2.75, 3.05) is 20.2 Å². The van der Waals surface area contributed by atoms with Crippen LogP contribution in [0, 0.1) is 23.4 Å². The van der Waals surface area contributed by atoms with E-state index in [1.54, 1.807) is 18.7 Å². The van der Waals surface area contributed by atoms with Crippen molar-refractivity contribution in [3.05, 3.63) is 99.0 Å². The molecule has 3 aromatic carbocycles. The molecule has 3 amide bonds. The number of imidazole rings is 1. The topological polar surface area (TPSA) is 178 Å². The number of hydrogen-bond donors (Lipinski definition) is 3. The number of halogens is 3. The first-order valence-electron chi connectivity index (χ1n) is 20.7. The average Bonchev–Trinajstić information content (AvgIpc) is 3.96. The minimum absolute atomic E-state index is 0.0891. The normalized spacial score (nSPS) is 19.3. The standard InChI is InChI=1S/C44H44F3N9O6/c1-53-35-16-23(7-12-33(35)56(44(53)61)34-13-14-36(57)50-42(34)60)4-3-15-54-21-29-32(22-54)49-40(51-43(29)62-2)25-8-9-26-20-55(52-31(26)17-25)27-10-5-24(6-11-27)19-48-41(59)28-18-30(45)39(58)38(47)37(28)46/h7-9,12,16-18,20,24,27,34,58H,3-6,10-11,13-15,19,21-22H2,1-2H3,(H,48,59)(H,50,57,60). The van der Waals surface area contributed by atoms with Gasteiger partial charge < -0.3 is 15.2 Å². The highest BCUT2D eigenvalue weighted by atomic mass is 19.2. The van der Waals surface area contributed by atoms with Gasteiger partial charge in [0, 0.05) is 50.2 Å². The summed E-state index contributed by atoms with van der Waals surface area (Å²) in [6.07, 6.45) is 7.21. The summed E-state index contributed by atoms with van der Waals surface area (Å²) < 4.78 is 52.5. The number of aryl methyl sites for hydroxylation is 2. The van der Waals surface area contributed by atoms with Gasteiger partial charge in [0.2, 0.25) is 23.5 Å². The molecular formula is C44H44F3N9O6. The van der Waals surface area contributed by atoms with Gasteiger partial charge in [-0.25, -0.2) is 18.6 Å². The number of rotatable bonds is 11. The van der Waals surface area contributed by atoms with Crippen molar-refractivity contribution < 1.29 is 37.4 Å². The minimum atomic E-state index is -1.79. The Balaban J connectivity index is 0.809. The molecule has 0 spiro atoms. The summed E-state index contributed by atoms with van der Waals surface area (Å²) in [5.41, 5.74) is 4.85. The molecular weight excluding hydrogens is 808 g/mol. The lowest BCUT2D eigenvalue weighted by molar-refractivity contribution is -0.135. The quantitative estimate of drug-likeness (QED) is 0.114. The second-order valence-corrected chi connectivity index (χ2v) is 16.4. The monoisotopic (exact) mass is 851 g/mol. The first-order chi connectivity index (χ1) is 29.9. The molecule has 62 heavy (non-hydrogen) atoms. The van der Waals surface area contributed by atoms with Crippen molar-refractivity contribution in [2.45, 2.75) is 76.5 Å². The number of amides is 3. The number of carbonyl (C=O) groups is 3. The highest BCUT2D eigenvalue weighted by molar-refractivity contribution is 6.00. The number of ether oxygens (including phenoxy) is 1. The van der Waals surface area contributed by atoms with Gasteiger partial charge >= 0.3 is 5.69 Å². The third-order valence-electron chi connectivity index (χ3n) is 12.5. The fourth-order valence-electron chi connectivity index (χ4n) is 9.10. The number of methoxy groups -OCH3 is 1. The van der Waals surface area contributed by atoms with E-state index in [0.29, 0.717) is 36.4 Å². The molecule has 3 N–H and O–H groups in total. The molecule has 322 valence electrons. The zero-order valence-corrected chi connectivity index (χ0v) is 34.1. The van der Waals surface area contributed by atoms with Gasteiger partial charge in [0.15, 0.2) is 23.2 Å². The second-order valence-electron chi connectivity index (χ2n) is 16.4. The summed E-state index contributed by atoms with van der Waals surface area (Å²) in [5.74, 6) is -6.81. The van der Waals surface area contributed by atoms with Crippen LogP contribution in [-0.4, -0.2) is 76.8 Å². The molecule has 3 aromatic heterocycles. The molecule has 0 radical (unpaired) electrons. The highest BCUT2D eigenvalue weighted by Crippen LogP contribution is 2.35. The van der Waals surface area contributed by atoms with Gasteiger partial charge in [0.25, 0.3) is 5.91 Å². The Hall–Kier alpha value is -6.56. The highest BCUT2D eigenvalue weighted by Gasteiger charge is 2.32. The summed E-state index contributed by atoms with van der Waals surface area (Å²) in [6, 6.07) is 11.7. The van der Waals surface area contributed by atoms with Crippen LogP contribution in [0.4, 0.5) is 13.2 Å². The number of nitrogens with zero attached hydrogens (tertiary/aromatic N) is 7. The predicted molar refractivity (Wildman–Crippen MR) is 220 cm³/mol. The van der Waals surface area contributed by atoms with Crippen LogP contribution in [0.25, 0.3) is 33.3 Å². The van der Waals surface area contributed by atoms with E-state index in [0.717, 1.165) is 83.9 Å². The number of phenolic OH excluding ortho intramolecular Hbond substituents is 1. The molecule has 6 aromatic rings. The zero-order chi connectivity index (χ0) is 43.4. The third-order valence-corrected chi connectivity index (χ3v) is 12.5. The maximum atomic E-state index is 14.2. The van der Waals surface area contributed by atoms with E-state index in [1.165, 1.54) is 4.57 Å². The molecule has 1 unspecified atom stereocenters. The van der Waals surface area contributed by atoms with Crippen molar-refractivity contribution >= 4 is 39.7 Å². The molecule has 0 bridgehead atoms. The maximum Gasteiger partial charge on any atom is 0.329 e. The van der Waals surface area contributed by atoms with Crippen molar-refractivity contribution in [3.63, 3.8) is 0 Å². The smallest absolute Gasteiger partial charge is 0.329 e. The number of nitrogens with one attached hydrogen (secondary N) is 2. The number of aromatic nitrogens is 6. The van der Waals surface area contributed by atoms with E-state index in [2.05, 4.69) is 15.5 Å². The summed E-state index contributed by atoms with van der Waals surface area (Å²) in [4.78, 5) is 62.1. The summed E-state index contributed by atoms with van der Waals surface area (Å²) in [7, 11) is 3.30. The molecule has 1 aliphatic carbocycles. The number of aromatic hydroxyl groups is 1. The fraction of sp³-hybridized carbons (Fsp3) is 0.386. The lowest BCUT2D eigenvalue weighted by Crippen LogP contribution is -2.44. The van der Waals surface area contributed by atoms with Crippen molar-refractivity contribution in [1.29, 1.82) is 0 Å². The van der Waals surface area contributed by atoms with Crippen LogP contribution in [0.15, 0.2) is 53.5 Å². The Kier molecular flexibility index (Phi) is 10.8. The Bertz CT molecular complexity index is 2850. The Morgan fingerprint density at radius 3 is 2.55 bits per heavy atom. The van der Waals surface area contributed by atoms with Crippen LogP contribution in [0.3, 0.4) is 0 Å². The molecule has 15 nitrogen and oxygen atoms in total. The number of fused-ring (bicyclic) bond motifs is 3. The van der Waals surface area contributed by atoms with Crippen LogP contribution in [0.1, 0.15) is 84.2 Å². The first-order valence-corrected chi connectivity index (χ1v) is 20.7. The van der Waals surface area contributed by atoms with Gasteiger partial charge in [0.1, 0.15) is 6.04 Å². The average molecular weight is 852 g/mol. The van der Waals surface area contributed by atoms with Crippen LogP contribution in [0.2, 0.25) is 0 Å². The SMILES string of the molecule is COc1nc(-c2ccc3cn(C4CCC(CNC(=O)c5cc(F)c(O)c(F)c5F)CC4)nc3c2)nc2c1CN(CCCc1ccc3c(c1)n(C)c(=O)n3C1CCC(=O)NC1=O)C2. The lowest BCUT2D eigenvalue weighted by Gasteiger charge is -2.28. The van der Waals surface area contributed by atoms with Gasteiger partial charge in [-0.1, -0.05) is 18.2 Å². The molecule has 18 heteroatoms. The van der Waals surface area contributed by atoms with Gasteiger partial charge in [-0.3, -0.25) is 38.4 Å². The van der Waals surface area contributed by atoms with Crippen LogP contribution in [-0.2, 0) is 36.1 Å². The van der Waals surface area contributed by atoms with Crippen molar-refractivity contribution in [3.8, 4) is 23.0 Å². The molecule has 1 atom stereocenters. The molecule has 1 saturated heterocycles. The number of piperidine rings is 1. The van der Waals surface area contributed by atoms with Crippen LogP contribution >= 0.6 is 0 Å². The van der Waals surface area contributed by atoms with Crippen LogP contribution < -0.4 is 21.1 Å². The van der Waals surface area contributed by atoms with E-state index < -0.39 is 46.6 Å². The largest absolute Gasteiger partial charge is 0.503 e. The Labute approximate surface area is 352 Å². The van der Waals surface area contributed by atoms with E-state index >= 15 is 0 Å². The summed E-state index contributed by atoms with van der Waals surface area (Å²) in [6.45, 7) is 2.30. The number of imide groups is 1. The second kappa shape index (κ2) is 16.4. The third kappa shape index (κ3) is 7.56. The molecule has 1 saturated carbocycles. The summed E-state index contributed by atoms with van der Waals surface area (Å²) >= 11 is 0. The van der Waals surface area contributed by atoms with Gasteiger partial charge in [-0.15, -0.1) is 0 Å². The Morgan fingerprint density at radius 1 is 0.968 bits per heavy atom. The zero-order valence-electron chi connectivity index (χ0n) is 34.1. The first kappa shape index (κ1) is 40.8. The van der Waals surface area contributed by atoms with E-state index in [4.69, 9.17) is 19.8 Å². The molecule has 2 aliphatic heterocycles.